The van der Waals surface area contributed by atoms with Gasteiger partial charge in [0.15, 0.2) is 0 Å². The van der Waals surface area contributed by atoms with Crippen LogP contribution in [0, 0.1) is 0 Å². The highest BCUT2D eigenvalue weighted by Gasteiger charge is 2.08. The van der Waals surface area contributed by atoms with Crippen LogP contribution in [0.15, 0.2) is 24.9 Å². The molecule has 4 heteroatoms. The Morgan fingerprint density at radius 1 is 1.53 bits per heavy atom. The van der Waals surface area contributed by atoms with Gasteiger partial charge in [-0.2, -0.15) is 0 Å². The van der Waals surface area contributed by atoms with Gasteiger partial charge in [0, 0.05) is 26.3 Å². The highest BCUT2D eigenvalue weighted by molar-refractivity contribution is 6.33. The summed E-state index contributed by atoms with van der Waals surface area (Å²) in [6.07, 6.45) is 7.04. The fourth-order valence-corrected chi connectivity index (χ4v) is 2.17. The van der Waals surface area contributed by atoms with E-state index >= 15 is 0 Å². The van der Waals surface area contributed by atoms with Crippen molar-refractivity contribution in [1.82, 2.24) is 10.3 Å². The summed E-state index contributed by atoms with van der Waals surface area (Å²) in [4.78, 5) is 6.56. The van der Waals surface area contributed by atoms with Gasteiger partial charge in [-0.25, -0.2) is 4.98 Å². The van der Waals surface area contributed by atoms with Crippen LogP contribution in [0.5, 0.6) is 0 Å². The summed E-state index contributed by atoms with van der Waals surface area (Å²) < 4.78 is 0. The molecule has 0 atom stereocenters. The molecule has 0 spiro atoms. The summed E-state index contributed by atoms with van der Waals surface area (Å²) in [5.41, 5.74) is 1.13. The largest absolute Gasteiger partial charge is 0.358 e. The fourth-order valence-electron chi connectivity index (χ4n) is 1.84. The molecule has 106 valence electrons. The second-order valence-corrected chi connectivity index (χ2v) is 5.09. The summed E-state index contributed by atoms with van der Waals surface area (Å²) in [5.74, 6) is 0.852. The number of nitrogens with zero attached hydrogens (tertiary/aromatic N) is 2. The normalized spacial score (nSPS) is 10.5. The Morgan fingerprint density at radius 2 is 2.32 bits per heavy atom. The Morgan fingerprint density at radius 3 is 2.95 bits per heavy atom. The first kappa shape index (κ1) is 16.0. The zero-order chi connectivity index (χ0) is 14.1. The quantitative estimate of drug-likeness (QED) is 0.553. The van der Waals surface area contributed by atoms with E-state index in [0.29, 0.717) is 0 Å². The lowest BCUT2D eigenvalue weighted by atomic mass is 10.2. The first-order chi connectivity index (χ1) is 9.19. The zero-order valence-corrected chi connectivity index (χ0v) is 12.7. The number of anilines is 1. The second-order valence-electron chi connectivity index (χ2n) is 4.68. The minimum Gasteiger partial charge on any atom is -0.358 e. The van der Waals surface area contributed by atoms with Gasteiger partial charge in [0.1, 0.15) is 5.82 Å². The van der Waals surface area contributed by atoms with Crippen LogP contribution in [0.1, 0.15) is 31.7 Å². The molecule has 0 saturated carbocycles. The smallest absolute Gasteiger partial charge is 0.147 e. The van der Waals surface area contributed by atoms with Gasteiger partial charge in [-0.15, -0.1) is 6.58 Å². The lowest BCUT2D eigenvalue weighted by Gasteiger charge is -2.19. The minimum atomic E-state index is 0.719. The van der Waals surface area contributed by atoms with Gasteiger partial charge < -0.3 is 10.2 Å². The number of halogens is 1. The molecule has 1 aromatic rings. The highest BCUT2D eigenvalue weighted by atomic mass is 35.5. The third-order valence-electron chi connectivity index (χ3n) is 2.90. The summed E-state index contributed by atoms with van der Waals surface area (Å²) in [7, 11) is 2.02. The number of nitrogens with one attached hydrogen (secondary N) is 1. The standard InChI is InChI=1S/C15H24ClN3/c1-4-6-7-9-19(3)15-14(16)10-13(12-18-15)11-17-8-5-2/h4,10,12,17H,1,5-9,11H2,2-3H3. The lowest BCUT2D eigenvalue weighted by molar-refractivity contribution is 0.673. The van der Waals surface area contributed by atoms with Gasteiger partial charge in [-0.3, -0.25) is 0 Å². The molecule has 3 nitrogen and oxygen atoms in total. The van der Waals surface area contributed by atoms with Crippen LogP contribution in [-0.4, -0.2) is 25.1 Å². The molecule has 0 fully saturated rings. The van der Waals surface area contributed by atoms with Gasteiger partial charge in [-0.05, 0) is 37.4 Å². The van der Waals surface area contributed by atoms with Gasteiger partial charge >= 0.3 is 0 Å². The van der Waals surface area contributed by atoms with Crippen molar-refractivity contribution in [2.75, 3.05) is 25.0 Å². The predicted molar refractivity (Wildman–Crippen MR) is 83.9 cm³/mol. The first-order valence-corrected chi connectivity index (χ1v) is 7.24. The molecular formula is C15H24ClN3. The molecule has 0 unspecified atom stereocenters. The average molecular weight is 282 g/mol. The molecule has 0 amide bonds. The Kier molecular flexibility index (Phi) is 7.53. The van der Waals surface area contributed by atoms with Crippen molar-refractivity contribution in [1.29, 1.82) is 0 Å². The van der Waals surface area contributed by atoms with Crippen molar-refractivity contribution in [3.63, 3.8) is 0 Å². The minimum absolute atomic E-state index is 0.719. The molecule has 0 aliphatic heterocycles. The van der Waals surface area contributed by atoms with E-state index in [0.717, 1.165) is 55.3 Å². The molecule has 0 saturated heterocycles. The molecule has 1 aromatic heterocycles. The summed E-state index contributed by atoms with van der Waals surface area (Å²) in [6.45, 7) is 8.65. The van der Waals surface area contributed by atoms with Crippen molar-refractivity contribution >= 4 is 17.4 Å². The summed E-state index contributed by atoms with van der Waals surface area (Å²) in [5, 5.41) is 4.07. The van der Waals surface area contributed by atoms with Crippen molar-refractivity contribution < 1.29 is 0 Å². The van der Waals surface area contributed by atoms with E-state index in [1.54, 1.807) is 0 Å². The van der Waals surface area contributed by atoms with E-state index in [4.69, 9.17) is 11.6 Å². The molecule has 1 rings (SSSR count). The Hall–Kier alpha value is -1.06. The average Bonchev–Trinajstić information content (AvgIpc) is 2.39. The third-order valence-corrected chi connectivity index (χ3v) is 3.18. The van der Waals surface area contributed by atoms with Crippen LogP contribution in [0.25, 0.3) is 0 Å². The molecule has 19 heavy (non-hydrogen) atoms. The lowest BCUT2D eigenvalue weighted by Crippen LogP contribution is -2.20. The Bertz CT molecular complexity index is 393. The van der Waals surface area contributed by atoms with Crippen molar-refractivity contribution in [2.45, 2.75) is 32.7 Å². The summed E-state index contributed by atoms with van der Waals surface area (Å²) in [6, 6.07) is 2.00. The molecule has 0 aliphatic rings. The molecular weight excluding hydrogens is 258 g/mol. The van der Waals surface area contributed by atoms with Gasteiger partial charge in [-0.1, -0.05) is 24.6 Å². The van der Waals surface area contributed by atoms with Crippen LogP contribution in [0.2, 0.25) is 5.02 Å². The number of hydrogen-bond acceptors (Lipinski definition) is 3. The van der Waals surface area contributed by atoms with Gasteiger partial charge in [0.05, 0.1) is 5.02 Å². The van der Waals surface area contributed by atoms with Crippen LogP contribution in [0.4, 0.5) is 5.82 Å². The topological polar surface area (TPSA) is 28.2 Å². The van der Waals surface area contributed by atoms with E-state index in [1.807, 2.05) is 25.4 Å². The molecule has 0 radical (unpaired) electrons. The van der Waals surface area contributed by atoms with E-state index in [1.165, 1.54) is 0 Å². The maximum Gasteiger partial charge on any atom is 0.147 e. The van der Waals surface area contributed by atoms with Crippen molar-refractivity contribution in [3.8, 4) is 0 Å². The molecule has 0 bridgehead atoms. The number of allylic oxidation sites excluding steroid dienone is 1. The van der Waals surface area contributed by atoms with E-state index in [-0.39, 0.29) is 0 Å². The SMILES string of the molecule is C=CCCCN(C)c1ncc(CNCCC)cc1Cl. The van der Waals surface area contributed by atoms with Crippen LogP contribution in [-0.2, 0) is 6.54 Å². The maximum atomic E-state index is 6.30. The van der Waals surface area contributed by atoms with Crippen LogP contribution < -0.4 is 10.2 Å². The van der Waals surface area contributed by atoms with Crippen molar-refractivity contribution in [3.05, 3.63) is 35.5 Å². The molecule has 1 N–H and O–H groups in total. The monoisotopic (exact) mass is 281 g/mol. The Labute approximate surface area is 121 Å². The second kappa shape index (κ2) is 8.94. The molecule has 0 aromatic carbocycles. The van der Waals surface area contributed by atoms with Crippen molar-refractivity contribution in [2.24, 2.45) is 0 Å². The van der Waals surface area contributed by atoms with E-state index in [9.17, 15) is 0 Å². The van der Waals surface area contributed by atoms with Gasteiger partial charge in [0.25, 0.3) is 0 Å². The number of aromatic nitrogens is 1. The van der Waals surface area contributed by atoms with Crippen LogP contribution >= 0.6 is 11.6 Å². The first-order valence-electron chi connectivity index (χ1n) is 6.86. The number of pyridine rings is 1. The number of unbranched alkanes of at least 4 members (excludes halogenated alkanes) is 1. The van der Waals surface area contributed by atoms with E-state index in [2.05, 4.69) is 28.7 Å². The molecule has 1 heterocycles. The Balaban J connectivity index is 2.57. The fraction of sp³-hybridized carbons (Fsp3) is 0.533. The van der Waals surface area contributed by atoms with Crippen LogP contribution in [0.3, 0.4) is 0 Å². The zero-order valence-electron chi connectivity index (χ0n) is 12.0. The molecule has 0 aliphatic carbocycles. The maximum absolute atomic E-state index is 6.30. The van der Waals surface area contributed by atoms with E-state index < -0.39 is 0 Å². The highest BCUT2D eigenvalue weighted by Crippen LogP contribution is 2.23. The summed E-state index contributed by atoms with van der Waals surface area (Å²) >= 11 is 6.30. The predicted octanol–water partition coefficient (Wildman–Crippen LogP) is 3.64. The number of rotatable bonds is 9. The van der Waals surface area contributed by atoms with Gasteiger partial charge in [0.2, 0.25) is 0 Å². The number of hydrogen-bond donors (Lipinski definition) is 1. The third kappa shape index (κ3) is 5.62.